The minimum atomic E-state index is -1.05. The zero-order chi connectivity index (χ0) is 18.4. The standard InChI is InChI=1S/C21H18O5/c1-15(21(22)23)24-17-11-5-7-13-19(17)26-20-14-8-6-12-18(20)25-16-9-3-2-4-10-16/h2-15H,1H3,(H,22,23). The Morgan fingerprint density at radius 2 is 1.19 bits per heavy atom. The van der Waals surface area contributed by atoms with Gasteiger partial charge < -0.3 is 19.3 Å². The number of hydrogen-bond acceptors (Lipinski definition) is 4. The first-order valence-corrected chi connectivity index (χ1v) is 8.12. The molecule has 0 saturated carbocycles. The number of rotatable bonds is 7. The Kier molecular flexibility index (Phi) is 5.39. The molecule has 1 unspecified atom stereocenters. The predicted molar refractivity (Wildman–Crippen MR) is 97.2 cm³/mol. The number of para-hydroxylation sites is 5. The maximum absolute atomic E-state index is 11.0. The third-order valence-corrected chi connectivity index (χ3v) is 3.54. The largest absolute Gasteiger partial charge is 0.479 e. The number of hydrogen-bond donors (Lipinski definition) is 1. The number of benzene rings is 3. The van der Waals surface area contributed by atoms with Gasteiger partial charge in [-0.05, 0) is 43.3 Å². The van der Waals surface area contributed by atoms with Crippen LogP contribution >= 0.6 is 0 Å². The Hall–Kier alpha value is -3.47. The monoisotopic (exact) mass is 350 g/mol. The molecule has 0 aliphatic carbocycles. The summed E-state index contributed by atoms with van der Waals surface area (Å²) in [4.78, 5) is 11.0. The predicted octanol–water partition coefficient (Wildman–Crippen LogP) is 5.12. The van der Waals surface area contributed by atoms with Gasteiger partial charge in [0.1, 0.15) is 5.75 Å². The van der Waals surface area contributed by atoms with Crippen LogP contribution < -0.4 is 14.2 Å². The lowest BCUT2D eigenvalue weighted by Gasteiger charge is -2.16. The molecule has 0 heterocycles. The molecule has 0 bridgehead atoms. The average molecular weight is 350 g/mol. The number of carboxylic acids is 1. The van der Waals surface area contributed by atoms with Crippen LogP contribution in [0.3, 0.4) is 0 Å². The first-order chi connectivity index (χ1) is 12.6. The first-order valence-electron chi connectivity index (χ1n) is 8.12. The van der Waals surface area contributed by atoms with Crippen LogP contribution in [0.1, 0.15) is 6.92 Å². The van der Waals surface area contributed by atoms with Crippen LogP contribution in [0, 0.1) is 0 Å². The van der Waals surface area contributed by atoms with Gasteiger partial charge in [0.15, 0.2) is 29.1 Å². The summed E-state index contributed by atoms with van der Waals surface area (Å²) >= 11 is 0. The van der Waals surface area contributed by atoms with Crippen molar-refractivity contribution in [1.82, 2.24) is 0 Å². The molecule has 1 atom stereocenters. The molecular weight excluding hydrogens is 332 g/mol. The van der Waals surface area contributed by atoms with Gasteiger partial charge in [-0.15, -0.1) is 0 Å². The van der Waals surface area contributed by atoms with E-state index in [-0.39, 0.29) is 0 Å². The summed E-state index contributed by atoms with van der Waals surface area (Å²) in [6, 6.07) is 23.5. The summed E-state index contributed by atoms with van der Waals surface area (Å²) in [7, 11) is 0. The molecule has 0 radical (unpaired) electrons. The van der Waals surface area contributed by atoms with Crippen molar-refractivity contribution in [3.05, 3.63) is 78.9 Å². The number of carboxylic acid groups (broad SMARTS) is 1. The number of aliphatic carboxylic acids is 1. The Labute approximate surface area is 151 Å². The zero-order valence-electron chi connectivity index (χ0n) is 14.2. The second-order valence-corrected chi connectivity index (χ2v) is 5.51. The van der Waals surface area contributed by atoms with Crippen LogP contribution in [-0.4, -0.2) is 17.2 Å². The van der Waals surface area contributed by atoms with E-state index in [2.05, 4.69) is 0 Å². The molecule has 3 aromatic rings. The quantitative estimate of drug-likeness (QED) is 0.640. The van der Waals surface area contributed by atoms with Gasteiger partial charge in [-0.2, -0.15) is 0 Å². The molecule has 5 heteroatoms. The topological polar surface area (TPSA) is 65.0 Å². The van der Waals surface area contributed by atoms with Crippen LogP contribution in [0.5, 0.6) is 28.7 Å². The molecule has 3 aromatic carbocycles. The van der Waals surface area contributed by atoms with E-state index in [0.717, 1.165) is 0 Å². The van der Waals surface area contributed by atoms with Gasteiger partial charge in [0.05, 0.1) is 0 Å². The molecule has 0 spiro atoms. The molecular formula is C21H18O5. The lowest BCUT2D eigenvalue weighted by Crippen LogP contribution is -2.23. The second kappa shape index (κ2) is 8.07. The van der Waals surface area contributed by atoms with Gasteiger partial charge in [0.25, 0.3) is 0 Å². The van der Waals surface area contributed by atoms with Crippen LogP contribution in [-0.2, 0) is 4.79 Å². The Morgan fingerprint density at radius 3 is 1.77 bits per heavy atom. The molecule has 0 aliphatic rings. The van der Waals surface area contributed by atoms with Crippen molar-refractivity contribution in [3.8, 4) is 28.7 Å². The summed E-state index contributed by atoms with van der Waals surface area (Å²) in [6.07, 6.45) is -0.990. The van der Waals surface area contributed by atoms with Crippen molar-refractivity contribution in [2.75, 3.05) is 0 Å². The van der Waals surface area contributed by atoms with Gasteiger partial charge in [-0.25, -0.2) is 4.79 Å². The summed E-state index contributed by atoms with van der Waals surface area (Å²) in [5.74, 6) is 1.43. The average Bonchev–Trinajstić information content (AvgIpc) is 2.65. The maximum atomic E-state index is 11.0. The van der Waals surface area contributed by atoms with Crippen LogP contribution in [0.4, 0.5) is 0 Å². The van der Waals surface area contributed by atoms with E-state index in [1.165, 1.54) is 6.92 Å². The molecule has 0 aromatic heterocycles. The highest BCUT2D eigenvalue weighted by molar-refractivity contribution is 5.72. The fourth-order valence-corrected chi connectivity index (χ4v) is 2.23. The SMILES string of the molecule is CC(Oc1ccccc1Oc1ccccc1Oc1ccccc1)C(=O)O. The molecule has 5 nitrogen and oxygen atoms in total. The first kappa shape index (κ1) is 17.4. The Bertz CT molecular complexity index is 876. The van der Waals surface area contributed by atoms with Crippen molar-refractivity contribution in [2.24, 2.45) is 0 Å². The third kappa shape index (κ3) is 4.33. The summed E-state index contributed by atoms with van der Waals surface area (Å²) in [6.45, 7) is 1.46. The van der Waals surface area contributed by atoms with E-state index >= 15 is 0 Å². The van der Waals surface area contributed by atoms with Crippen molar-refractivity contribution in [3.63, 3.8) is 0 Å². The fraction of sp³-hybridized carbons (Fsp3) is 0.0952. The molecule has 1 N–H and O–H groups in total. The van der Waals surface area contributed by atoms with Gasteiger partial charge in [0.2, 0.25) is 0 Å². The minimum Gasteiger partial charge on any atom is -0.479 e. The van der Waals surface area contributed by atoms with Gasteiger partial charge in [0, 0.05) is 0 Å². The van der Waals surface area contributed by atoms with Gasteiger partial charge in [-0.3, -0.25) is 0 Å². The Balaban J connectivity index is 1.85. The van der Waals surface area contributed by atoms with Crippen molar-refractivity contribution < 1.29 is 24.1 Å². The number of ether oxygens (including phenoxy) is 3. The smallest absolute Gasteiger partial charge is 0.344 e. The van der Waals surface area contributed by atoms with E-state index < -0.39 is 12.1 Å². The van der Waals surface area contributed by atoms with E-state index in [1.54, 1.807) is 36.4 Å². The lowest BCUT2D eigenvalue weighted by atomic mass is 10.3. The van der Waals surface area contributed by atoms with E-state index in [9.17, 15) is 4.79 Å². The van der Waals surface area contributed by atoms with Gasteiger partial charge >= 0.3 is 5.97 Å². The van der Waals surface area contributed by atoms with Crippen LogP contribution in [0.25, 0.3) is 0 Å². The number of carbonyl (C=O) groups is 1. The molecule has 0 aliphatic heterocycles. The van der Waals surface area contributed by atoms with Crippen molar-refractivity contribution in [2.45, 2.75) is 13.0 Å². The van der Waals surface area contributed by atoms with E-state index in [1.807, 2.05) is 42.5 Å². The highest BCUT2D eigenvalue weighted by Gasteiger charge is 2.16. The third-order valence-electron chi connectivity index (χ3n) is 3.54. The maximum Gasteiger partial charge on any atom is 0.344 e. The van der Waals surface area contributed by atoms with Crippen molar-refractivity contribution in [1.29, 1.82) is 0 Å². The van der Waals surface area contributed by atoms with Crippen molar-refractivity contribution >= 4 is 5.97 Å². The summed E-state index contributed by atoms with van der Waals surface area (Å²) in [5, 5.41) is 9.05. The molecule has 26 heavy (non-hydrogen) atoms. The molecule has 132 valence electrons. The molecule has 3 rings (SSSR count). The van der Waals surface area contributed by atoms with E-state index in [4.69, 9.17) is 19.3 Å². The summed E-state index contributed by atoms with van der Waals surface area (Å²) in [5.41, 5.74) is 0. The highest BCUT2D eigenvalue weighted by Crippen LogP contribution is 2.38. The zero-order valence-corrected chi connectivity index (χ0v) is 14.2. The Morgan fingerprint density at radius 1 is 0.731 bits per heavy atom. The molecule has 0 saturated heterocycles. The van der Waals surface area contributed by atoms with E-state index in [0.29, 0.717) is 28.7 Å². The summed E-state index contributed by atoms with van der Waals surface area (Å²) < 4.78 is 17.3. The molecule has 0 fully saturated rings. The molecule has 0 amide bonds. The normalized spacial score (nSPS) is 11.4. The van der Waals surface area contributed by atoms with Crippen LogP contribution in [0.15, 0.2) is 78.9 Å². The fourth-order valence-electron chi connectivity index (χ4n) is 2.23. The highest BCUT2D eigenvalue weighted by atomic mass is 16.6. The van der Waals surface area contributed by atoms with Crippen LogP contribution in [0.2, 0.25) is 0 Å². The lowest BCUT2D eigenvalue weighted by molar-refractivity contribution is -0.144. The second-order valence-electron chi connectivity index (χ2n) is 5.51. The van der Waals surface area contributed by atoms with Gasteiger partial charge in [-0.1, -0.05) is 42.5 Å². The minimum absolute atomic E-state index is 0.344.